The molecule has 1 amide bonds. The van der Waals surface area contributed by atoms with Gasteiger partial charge in [0.25, 0.3) is 0 Å². The maximum atomic E-state index is 13.0. The van der Waals surface area contributed by atoms with Crippen LogP contribution in [0.2, 0.25) is 0 Å². The summed E-state index contributed by atoms with van der Waals surface area (Å²) in [5.41, 5.74) is 5.89. The highest BCUT2D eigenvalue weighted by atomic mass is 19.4. The van der Waals surface area contributed by atoms with E-state index in [2.05, 4.69) is 31.1 Å². The number of amides is 1. The van der Waals surface area contributed by atoms with Gasteiger partial charge in [-0.2, -0.15) is 13.2 Å². The number of benzene rings is 1. The van der Waals surface area contributed by atoms with Crippen LogP contribution in [-0.4, -0.2) is 26.9 Å². The van der Waals surface area contributed by atoms with Gasteiger partial charge in [0.05, 0.1) is 29.2 Å². The molecule has 172 valence electrons. The van der Waals surface area contributed by atoms with E-state index < -0.39 is 17.3 Å². The van der Waals surface area contributed by atoms with Gasteiger partial charge in [-0.1, -0.05) is 18.2 Å². The second-order valence-corrected chi connectivity index (χ2v) is 8.40. The van der Waals surface area contributed by atoms with Crippen LogP contribution >= 0.6 is 0 Å². The summed E-state index contributed by atoms with van der Waals surface area (Å²) in [6.07, 6.45) is -0.381. The van der Waals surface area contributed by atoms with E-state index in [0.717, 1.165) is 12.8 Å². The van der Waals surface area contributed by atoms with Crippen LogP contribution in [-0.2, 0) is 16.4 Å². The van der Waals surface area contributed by atoms with Gasteiger partial charge in [0.15, 0.2) is 5.69 Å². The van der Waals surface area contributed by atoms with Gasteiger partial charge < -0.3 is 10.7 Å². The molecule has 2 aromatic heterocycles. The van der Waals surface area contributed by atoms with Gasteiger partial charge in [-0.15, -0.1) is 0 Å². The lowest BCUT2D eigenvalue weighted by Gasteiger charge is -2.24. The van der Waals surface area contributed by atoms with E-state index in [4.69, 9.17) is 0 Å². The minimum atomic E-state index is -4.57. The molecule has 0 spiro atoms. The Hall–Kier alpha value is -3.53. The Bertz CT molecular complexity index is 1140. The molecule has 1 aromatic carbocycles. The van der Waals surface area contributed by atoms with E-state index in [-0.39, 0.29) is 11.6 Å². The predicted molar refractivity (Wildman–Crippen MR) is 118 cm³/mol. The number of nitrogens with one attached hydrogen (secondary N) is 3. The van der Waals surface area contributed by atoms with Crippen molar-refractivity contribution in [1.29, 1.82) is 0 Å². The van der Waals surface area contributed by atoms with E-state index >= 15 is 0 Å². The highest BCUT2D eigenvalue weighted by Gasteiger charge is 2.33. The Kier molecular flexibility index (Phi) is 6.03. The van der Waals surface area contributed by atoms with Crippen LogP contribution in [0.1, 0.15) is 38.1 Å². The molecular weight excluding hydrogens is 433 g/mol. The van der Waals surface area contributed by atoms with Crippen molar-refractivity contribution in [3.8, 4) is 11.3 Å². The molecule has 0 atom stereocenters. The Balaban J connectivity index is 1.45. The average Bonchev–Trinajstić information content (AvgIpc) is 3.62. The first-order valence-corrected chi connectivity index (χ1v) is 10.4. The highest BCUT2D eigenvalue weighted by molar-refractivity contribution is 5.98. The molecule has 7 nitrogen and oxygen atoms in total. The van der Waals surface area contributed by atoms with Gasteiger partial charge in [-0.25, -0.2) is 15.4 Å². The first-order chi connectivity index (χ1) is 15.6. The van der Waals surface area contributed by atoms with E-state index in [1.54, 1.807) is 44.2 Å². The number of alkyl halides is 3. The summed E-state index contributed by atoms with van der Waals surface area (Å²) in [5, 5.41) is 2.84. The molecule has 3 aromatic rings. The molecule has 1 fully saturated rings. The van der Waals surface area contributed by atoms with Crippen molar-refractivity contribution < 1.29 is 18.0 Å². The number of carbonyl (C=O) groups excluding carboxylic acids is 1. The Morgan fingerprint density at radius 2 is 1.70 bits per heavy atom. The number of halogens is 3. The third-order valence-corrected chi connectivity index (χ3v) is 5.30. The quantitative estimate of drug-likeness (QED) is 0.452. The zero-order chi connectivity index (χ0) is 23.6. The predicted octanol–water partition coefficient (Wildman–Crippen LogP) is 4.55. The monoisotopic (exact) mass is 456 g/mol. The van der Waals surface area contributed by atoms with Crippen molar-refractivity contribution in [2.75, 3.05) is 10.7 Å². The van der Waals surface area contributed by atoms with Crippen LogP contribution in [0, 0.1) is 0 Å². The van der Waals surface area contributed by atoms with E-state index in [1.807, 2.05) is 12.1 Å². The summed E-state index contributed by atoms with van der Waals surface area (Å²) in [4.78, 5) is 24.8. The van der Waals surface area contributed by atoms with Gasteiger partial charge in [0.2, 0.25) is 5.91 Å². The maximum Gasteiger partial charge on any atom is 0.434 e. The van der Waals surface area contributed by atoms with Gasteiger partial charge in [-0.05, 0) is 51.0 Å². The molecule has 0 unspecified atom stereocenters. The number of nitrogens with zero attached hydrogens (tertiary/aromatic N) is 3. The molecule has 0 bridgehead atoms. The Labute approximate surface area is 188 Å². The zero-order valence-corrected chi connectivity index (χ0v) is 18.1. The molecule has 1 aliphatic carbocycles. The molecule has 33 heavy (non-hydrogen) atoms. The molecule has 0 saturated heterocycles. The number of anilines is 2. The lowest BCUT2D eigenvalue weighted by molar-refractivity contribution is -0.141. The maximum absolute atomic E-state index is 13.0. The van der Waals surface area contributed by atoms with Crippen LogP contribution in [0.25, 0.3) is 11.3 Å². The summed E-state index contributed by atoms with van der Waals surface area (Å²) >= 11 is 0. The summed E-state index contributed by atoms with van der Waals surface area (Å²) in [5.74, 6) is 0.362. The lowest BCUT2D eigenvalue weighted by atomic mass is 9.87. The SMILES string of the molecule is CC(C)(C(=O)Nc1ccc(-c2cncc(C(F)(F)F)n2)cc1)c1cccc(NNC2CC2)n1. The summed E-state index contributed by atoms with van der Waals surface area (Å²) in [7, 11) is 0. The minimum Gasteiger partial charge on any atom is -0.325 e. The molecule has 1 aliphatic rings. The molecular formula is C23H23F3N6O. The topological polar surface area (TPSA) is 91.8 Å². The molecule has 0 aliphatic heterocycles. The van der Waals surface area contributed by atoms with Crippen LogP contribution in [0.5, 0.6) is 0 Å². The number of hydrazine groups is 1. The fourth-order valence-corrected chi connectivity index (χ4v) is 3.03. The minimum absolute atomic E-state index is 0.0938. The molecule has 0 radical (unpaired) electrons. The van der Waals surface area contributed by atoms with E-state index in [1.165, 1.54) is 6.20 Å². The standard InChI is InChI=1S/C23H23F3N6O/c1-22(2,18-4-3-5-20(30-18)32-31-16-10-11-16)21(33)28-15-8-6-14(7-9-15)17-12-27-13-19(29-17)23(24,25)26/h3-9,12-13,16,31H,10-11H2,1-2H3,(H,28,33)(H,30,32). The number of hydrogen-bond donors (Lipinski definition) is 3. The number of carbonyl (C=O) groups is 1. The summed E-state index contributed by atoms with van der Waals surface area (Å²) in [6.45, 7) is 3.55. The Morgan fingerprint density at radius 3 is 2.36 bits per heavy atom. The van der Waals surface area contributed by atoms with Crippen LogP contribution in [0.15, 0.2) is 54.9 Å². The van der Waals surface area contributed by atoms with E-state index in [0.29, 0.717) is 35.0 Å². The molecule has 10 heteroatoms. The molecule has 2 heterocycles. The fraction of sp³-hybridized carbons (Fsp3) is 0.304. The van der Waals surface area contributed by atoms with Gasteiger partial charge >= 0.3 is 6.18 Å². The van der Waals surface area contributed by atoms with Crippen LogP contribution in [0.3, 0.4) is 0 Å². The largest absolute Gasteiger partial charge is 0.434 e. The first kappa shape index (κ1) is 22.7. The number of pyridine rings is 1. The smallest absolute Gasteiger partial charge is 0.325 e. The second kappa shape index (κ2) is 8.78. The molecule has 4 rings (SSSR count). The first-order valence-electron chi connectivity index (χ1n) is 10.4. The van der Waals surface area contributed by atoms with Crippen molar-refractivity contribution in [2.45, 2.75) is 44.3 Å². The van der Waals surface area contributed by atoms with E-state index in [9.17, 15) is 18.0 Å². The number of aromatic nitrogens is 3. The number of hydrogen-bond acceptors (Lipinski definition) is 6. The third kappa shape index (κ3) is 5.46. The van der Waals surface area contributed by atoms with Crippen molar-refractivity contribution in [1.82, 2.24) is 20.4 Å². The normalized spacial score (nSPS) is 14.1. The molecule has 3 N–H and O–H groups in total. The van der Waals surface area contributed by atoms with Crippen molar-refractivity contribution >= 4 is 17.4 Å². The van der Waals surface area contributed by atoms with Crippen LogP contribution in [0.4, 0.5) is 24.7 Å². The zero-order valence-electron chi connectivity index (χ0n) is 18.1. The third-order valence-electron chi connectivity index (χ3n) is 5.30. The lowest BCUT2D eigenvalue weighted by Crippen LogP contribution is -2.36. The Morgan fingerprint density at radius 1 is 0.970 bits per heavy atom. The fourth-order valence-electron chi connectivity index (χ4n) is 3.03. The number of rotatable bonds is 7. The van der Waals surface area contributed by atoms with Gasteiger partial charge in [0.1, 0.15) is 5.82 Å². The van der Waals surface area contributed by atoms with Gasteiger partial charge in [0, 0.05) is 17.3 Å². The summed E-state index contributed by atoms with van der Waals surface area (Å²) in [6, 6.07) is 12.3. The highest BCUT2D eigenvalue weighted by Crippen LogP contribution is 2.29. The summed E-state index contributed by atoms with van der Waals surface area (Å²) < 4.78 is 38.7. The second-order valence-electron chi connectivity index (χ2n) is 8.40. The average molecular weight is 456 g/mol. The van der Waals surface area contributed by atoms with Crippen molar-refractivity contribution in [3.05, 3.63) is 66.2 Å². The van der Waals surface area contributed by atoms with Crippen LogP contribution < -0.4 is 16.2 Å². The van der Waals surface area contributed by atoms with Crippen molar-refractivity contribution in [2.24, 2.45) is 0 Å². The van der Waals surface area contributed by atoms with Crippen molar-refractivity contribution in [3.63, 3.8) is 0 Å². The molecule has 1 saturated carbocycles. The van der Waals surface area contributed by atoms with Gasteiger partial charge in [-0.3, -0.25) is 9.78 Å².